The fourth-order valence-electron chi connectivity index (χ4n) is 2.15. The molecule has 0 aromatic heterocycles. The molecule has 2 aromatic rings. The highest BCUT2D eigenvalue weighted by molar-refractivity contribution is 7.90. The average Bonchev–Trinajstić information content (AvgIpc) is 2.53. The zero-order valence-corrected chi connectivity index (χ0v) is 17.8. The van der Waals surface area contributed by atoms with E-state index < -0.39 is 31.7 Å². The molecule has 28 heavy (non-hydrogen) atoms. The van der Waals surface area contributed by atoms with Crippen molar-refractivity contribution in [2.45, 2.75) is 11.8 Å². The van der Waals surface area contributed by atoms with Gasteiger partial charge in [-0.05, 0) is 30.3 Å². The van der Waals surface area contributed by atoms with Crippen molar-refractivity contribution in [1.82, 2.24) is 4.72 Å². The van der Waals surface area contributed by atoms with Crippen molar-refractivity contribution in [3.05, 3.63) is 46.4 Å². The maximum Gasteiger partial charge on any atom is 0.270 e. The van der Waals surface area contributed by atoms with E-state index in [1.54, 1.807) is 4.72 Å². The Balaban J connectivity index is 2.35. The smallest absolute Gasteiger partial charge is 0.270 e. The number of nitrogens with one attached hydrogen (secondary N) is 2. The first-order valence-corrected chi connectivity index (χ1v) is 11.9. The predicted octanol–water partition coefficient (Wildman–Crippen LogP) is 2.94. The predicted molar refractivity (Wildman–Crippen MR) is 108 cm³/mol. The van der Waals surface area contributed by atoms with E-state index >= 15 is 0 Å². The molecule has 8 nitrogen and oxygen atoms in total. The molecule has 0 aliphatic carbocycles. The summed E-state index contributed by atoms with van der Waals surface area (Å²) in [5.74, 6) is -1.47. The Morgan fingerprint density at radius 3 is 2.36 bits per heavy atom. The van der Waals surface area contributed by atoms with Gasteiger partial charge in [-0.25, -0.2) is 16.8 Å². The van der Waals surface area contributed by atoms with Crippen molar-refractivity contribution in [1.29, 1.82) is 0 Å². The Bertz CT molecular complexity index is 1120. The highest BCUT2D eigenvalue weighted by Crippen LogP contribution is 2.36. The van der Waals surface area contributed by atoms with Crippen LogP contribution in [0.25, 0.3) is 0 Å². The summed E-state index contributed by atoms with van der Waals surface area (Å²) in [7, 11) is -7.56. The highest BCUT2D eigenvalue weighted by Gasteiger charge is 2.18. The quantitative estimate of drug-likeness (QED) is 0.643. The van der Waals surface area contributed by atoms with Crippen LogP contribution < -0.4 is 14.8 Å². The molecule has 0 heterocycles. The molecule has 2 N–H and O–H groups in total. The molecular formula is C16H16Cl2N2O6S2. The Morgan fingerprint density at radius 2 is 1.75 bits per heavy atom. The van der Waals surface area contributed by atoms with E-state index in [4.69, 9.17) is 27.9 Å². The number of ether oxygens (including phenoxy) is 1. The summed E-state index contributed by atoms with van der Waals surface area (Å²) in [5.41, 5.74) is 0.500. The van der Waals surface area contributed by atoms with Crippen LogP contribution in [0.1, 0.15) is 6.92 Å². The van der Waals surface area contributed by atoms with Crippen molar-refractivity contribution in [2.24, 2.45) is 0 Å². The van der Waals surface area contributed by atoms with Gasteiger partial charge in [-0.1, -0.05) is 29.3 Å². The summed E-state index contributed by atoms with van der Waals surface area (Å²) in [6.07, 6.45) is 1.03. The van der Waals surface area contributed by atoms with Gasteiger partial charge in [-0.15, -0.1) is 0 Å². The van der Waals surface area contributed by atoms with Gasteiger partial charge in [0.2, 0.25) is 11.8 Å². The van der Waals surface area contributed by atoms with Gasteiger partial charge in [-0.3, -0.25) is 9.52 Å². The van der Waals surface area contributed by atoms with Crippen LogP contribution in [-0.4, -0.2) is 34.9 Å². The van der Waals surface area contributed by atoms with Crippen molar-refractivity contribution in [3.63, 3.8) is 0 Å². The number of sulfone groups is 1. The molecule has 0 aliphatic rings. The van der Waals surface area contributed by atoms with Crippen LogP contribution in [-0.2, 0) is 24.7 Å². The first-order chi connectivity index (χ1) is 12.9. The van der Waals surface area contributed by atoms with Crippen LogP contribution in [0.2, 0.25) is 10.0 Å². The zero-order valence-electron chi connectivity index (χ0n) is 14.7. The molecule has 0 aliphatic heterocycles. The minimum atomic E-state index is -4.00. The fourth-order valence-corrected chi connectivity index (χ4v) is 4.46. The minimum Gasteiger partial charge on any atom is -0.474 e. The molecule has 1 amide bonds. The summed E-state index contributed by atoms with van der Waals surface area (Å²) < 4.78 is 54.2. The van der Waals surface area contributed by atoms with Crippen LogP contribution in [0.4, 0.5) is 11.4 Å². The maximum atomic E-state index is 11.8. The molecule has 0 unspecified atom stereocenters. The lowest BCUT2D eigenvalue weighted by Crippen LogP contribution is -2.32. The second-order valence-corrected chi connectivity index (χ2v) is 10.2. The van der Waals surface area contributed by atoms with Crippen LogP contribution in [0, 0.1) is 0 Å². The summed E-state index contributed by atoms with van der Waals surface area (Å²) in [5, 5.41) is 3.16. The topological polar surface area (TPSA) is 119 Å². The molecular weight excluding hydrogens is 451 g/mol. The second-order valence-electron chi connectivity index (χ2n) is 5.69. The maximum absolute atomic E-state index is 11.8. The minimum absolute atomic E-state index is 0.0400. The van der Waals surface area contributed by atoms with Gasteiger partial charge in [-0.2, -0.15) is 0 Å². The lowest BCUT2D eigenvalue weighted by molar-refractivity contribution is -0.117. The van der Waals surface area contributed by atoms with Gasteiger partial charge < -0.3 is 10.1 Å². The van der Waals surface area contributed by atoms with Crippen molar-refractivity contribution in [2.75, 3.05) is 17.5 Å². The van der Waals surface area contributed by atoms with Crippen LogP contribution in [0.15, 0.2) is 41.3 Å². The van der Waals surface area contributed by atoms with E-state index in [2.05, 4.69) is 5.32 Å². The SMILES string of the molecule is CC(=O)NS(=O)(=O)COc1ccc(Cl)cc1Nc1cccc(S(C)(=O)=O)c1Cl. The number of carbonyl (C=O) groups excluding carboxylic acids is 1. The number of hydrogen-bond donors (Lipinski definition) is 2. The molecule has 0 spiro atoms. The van der Waals surface area contributed by atoms with E-state index in [0.717, 1.165) is 13.2 Å². The van der Waals surface area contributed by atoms with Crippen molar-refractivity contribution < 1.29 is 26.4 Å². The Kier molecular flexibility index (Phi) is 6.81. The third kappa shape index (κ3) is 5.99. The van der Waals surface area contributed by atoms with Crippen LogP contribution >= 0.6 is 23.2 Å². The van der Waals surface area contributed by atoms with Gasteiger partial charge in [0.1, 0.15) is 5.75 Å². The summed E-state index contributed by atoms with van der Waals surface area (Å²) in [6.45, 7) is 1.06. The van der Waals surface area contributed by atoms with E-state index in [0.29, 0.717) is 5.02 Å². The Morgan fingerprint density at radius 1 is 1.07 bits per heavy atom. The number of rotatable bonds is 7. The molecule has 0 bridgehead atoms. The molecule has 0 saturated carbocycles. The number of anilines is 2. The monoisotopic (exact) mass is 466 g/mol. The summed E-state index contributed by atoms with van der Waals surface area (Å²) >= 11 is 12.2. The average molecular weight is 467 g/mol. The van der Waals surface area contributed by atoms with E-state index in [-0.39, 0.29) is 27.0 Å². The first kappa shape index (κ1) is 22.3. The van der Waals surface area contributed by atoms with Crippen molar-refractivity contribution in [3.8, 4) is 5.75 Å². The number of sulfonamides is 1. The van der Waals surface area contributed by atoms with Crippen LogP contribution in [0.3, 0.4) is 0 Å². The summed E-state index contributed by atoms with van der Waals surface area (Å²) in [6, 6.07) is 8.74. The van der Waals surface area contributed by atoms with E-state index in [9.17, 15) is 21.6 Å². The van der Waals surface area contributed by atoms with Gasteiger partial charge in [0, 0.05) is 18.2 Å². The standard InChI is InChI=1S/C16H16Cl2N2O6S2/c1-10(21)20-28(24,25)9-26-14-7-6-11(17)8-13(14)19-12-4-3-5-15(16(12)18)27(2,22)23/h3-8,19H,9H2,1-2H3,(H,20,21). The van der Waals surface area contributed by atoms with Crippen LogP contribution in [0.5, 0.6) is 5.75 Å². The first-order valence-electron chi connectivity index (χ1n) is 7.58. The number of benzene rings is 2. The lowest BCUT2D eigenvalue weighted by Gasteiger charge is -2.15. The lowest BCUT2D eigenvalue weighted by atomic mass is 10.2. The molecule has 2 rings (SSSR count). The molecule has 0 fully saturated rings. The zero-order chi connectivity index (χ0) is 21.1. The molecule has 0 saturated heterocycles. The molecule has 0 atom stereocenters. The molecule has 2 aromatic carbocycles. The molecule has 152 valence electrons. The number of carbonyl (C=O) groups is 1. The van der Waals surface area contributed by atoms with Gasteiger partial charge in [0.25, 0.3) is 10.0 Å². The molecule has 12 heteroatoms. The largest absolute Gasteiger partial charge is 0.474 e. The fraction of sp³-hybridized carbons (Fsp3) is 0.188. The van der Waals surface area contributed by atoms with Crippen molar-refractivity contribution >= 4 is 60.3 Å². The summed E-state index contributed by atoms with van der Waals surface area (Å²) in [4.78, 5) is 10.9. The normalized spacial score (nSPS) is 11.7. The van der Waals surface area contributed by atoms with Gasteiger partial charge in [0.05, 0.1) is 21.3 Å². The third-order valence-corrected chi connectivity index (χ3v) is 6.16. The number of halogens is 2. The van der Waals surface area contributed by atoms with E-state index in [1.165, 1.54) is 36.4 Å². The Hall–Kier alpha value is -2.01. The Labute approximate surface area is 172 Å². The van der Waals surface area contributed by atoms with Gasteiger partial charge in [0.15, 0.2) is 9.84 Å². The second kappa shape index (κ2) is 8.56. The highest BCUT2D eigenvalue weighted by atomic mass is 35.5. The molecule has 0 radical (unpaired) electrons. The van der Waals surface area contributed by atoms with Gasteiger partial charge >= 0.3 is 0 Å². The van der Waals surface area contributed by atoms with E-state index in [1.807, 2.05) is 0 Å². The third-order valence-electron chi connectivity index (χ3n) is 3.24. The number of hydrogen-bond acceptors (Lipinski definition) is 7. The number of amides is 1.